The van der Waals surface area contributed by atoms with Gasteiger partial charge in [0, 0.05) is 16.2 Å². The molecule has 0 spiro atoms. The first-order valence-corrected chi connectivity index (χ1v) is 9.50. The highest BCUT2D eigenvalue weighted by atomic mass is 79.9. The molecule has 2 aromatic rings. The van der Waals surface area contributed by atoms with Gasteiger partial charge in [-0.25, -0.2) is 17.5 Å². The zero-order chi connectivity index (χ0) is 16.6. The summed E-state index contributed by atoms with van der Waals surface area (Å²) in [4.78, 5) is -0.344. The zero-order valence-corrected chi connectivity index (χ0v) is 14.6. The summed E-state index contributed by atoms with van der Waals surface area (Å²) in [6, 6.07) is 9.01. The first-order valence-electron chi connectivity index (χ1n) is 7.22. The monoisotopic (exact) mass is 398 g/mol. The topological polar surface area (TPSA) is 72.2 Å². The molecule has 0 aromatic heterocycles. The number of benzene rings is 2. The summed E-state index contributed by atoms with van der Waals surface area (Å²) in [6.07, 6.45) is 2.39. The molecule has 0 fully saturated rings. The Balaban J connectivity index is 1.93. The van der Waals surface area contributed by atoms with Crippen LogP contribution < -0.4 is 10.5 Å². The molecule has 0 saturated heterocycles. The third kappa shape index (κ3) is 3.41. The predicted octanol–water partition coefficient (Wildman–Crippen LogP) is 3.53. The predicted molar refractivity (Wildman–Crippen MR) is 91.0 cm³/mol. The first kappa shape index (κ1) is 16.4. The van der Waals surface area contributed by atoms with E-state index in [2.05, 4.69) is 20.7 Å². The molecular formula is C16H16BrFN2O2S. The summed E-state index contributed by atoms with van der Waals surface area (Å²) >= 11 is 3.12. The van der Waals surface area contributed by atoms with E-state index < -0.39 is 15.8 Å². The molecular weight excluding hydrogens is 383 g/mol. The quantitative estimate of drug-likeness (QED) is 0.776. The molecule has 1 aliphatic rings. The van der Waals surface area contributed by atoms with Crippen LogP contribution in [0.5, 0.6) is 0 Å². The van der Waals surface area contributed by atoms with Crippen molar-refractivity contribution in [2.75, 3.05) is 5.73 Å². The van der Waals surface area contributed by atoms with Crippen LogP contribution in [0.2, 0.25) is 0 Å². The van der Waals surface area contributed by atoms with Gasteiger partial charge >= 0.3 is 0 Å². The number of hydrogen-bond acceptors (Lipinski definition) is 3. The highest BCUT2D eigenvalue weighted by Crippen LogP contribution is 2.32. The molecule has 0 radical (unpaired) electrons. The van der Waals surface area contributed by atoms with Gasteiger partial charge < -0.3 is 5.73 Å². The number of halogens is 2. The van der Waals surface area contributed by atoms with Gasteiger partial charge in [-0.15, -0.1) is 0 Å². The van der Waals surface area contributed by atoms with E-state index in [-0.39, 0.29) is 10.9 Å². The number of hydrogen-bond donors (Lipinski definition) is 2. The number of sulfonamides is 1. The zero-order valence-electron chi connectivity index (χ0n) is 12.2. The maximum Gasteiger partial charge on any atom is 0.244 e. The highest BCUT2D eigenvalue weighted by molar-refractivity contribution is 9.10. The number of nitrogen functional groups attached to an aromatic ring is 1. The molecule has 7 heteroatoms. The number of anilines is 1. The molecule has 0 amide bonds. The summed E-state index contributed by atoms with van der Waals surface area (Å²) in [6.45, 7) is 0. The Bertz CT molecular complexity index is 855. The minimum Gasteiger partial charge on any atom is -0.399 e. The molecule has 1 aliphatic carbocycles. The Morgan fingerprint density at radius 3 is 2.74 bits per heavy atom. The molecule has 4 nitrogen and oxygen atoms in total. The number of aryl methyl sites for hydroxylation is 1. The fourth-order valence-electron chi connectivity index (χ4n) is 2.90. The Hall–Kier alpha value is -1.44. The molecule has 0 saturated carbocycles. The van der Waals surface area contributed by atoms with Crippen LogP contribution >= 0.6 is 15.9 Å². The largest absolute Gasteiger partial charge is 0.399 e. The van der Waals surface area contributed by atoms with E-state index in [0.717, 1.165) is 30.0 Å². The standard InChI is InChI=1S/C16H16BrFN2O2S/c17-11-4-7-16(14(18)9-11)23(21,22)20-15-3-1-2-10-8-12(19)5-6-13(10)15/h4-9,15,20H,1-3,19H2. The molecule has 0 aliphatic heterocycles. The Morgan fingerprint density at radius 1 is 1.22 bits per heavy atom. The fourth-order valence-corrected chi connectivity index (χ4v) is 4.54. The molecule has 1 unspecified atom stereocenters. The van der Waals surface area contributed by atoms with E-state index in [1.165, 1.54) is 12.1 Å². The summed E-state index contributed by atoms with van der Waals surface area (Å²) in [5.74, 6) is -0.778. The van der Waals surface area contributed by atoms with Crippen molar-refractivity contribution in [3.8, 4) is 0 Å². The highest BCUT2D eigenvalue weighted by Gasteiger charge is 2.27. The molecule has 23 heavy (non-hydrogen) atoms. The lowest BCUT2D eigenvalue weighted by Gasteiger charge is -2.26. The van der Waals surface area contributed by atoms with Gasteiger partial charge in [0.25, 0.3) is 0 Å². The smallest absolute Gasteiger partial charge is 0.244 e. The Labute approximate surface area is 143 Å². The molecule has 122 valence electrons. The SMILES string of the molecule is Nc1ccc2c(c1)CCCC2NS(=O)(=O)c1ccc(Br)cc1F. The lowest BCUT2D eigenvalue weighted by Crippen LogP contribution is -2.31. The van der Waals surface area contributed by atoms with Crippen molar-refractivity contribution in [1.29, 1.82) is 0 Å². The van der Waals surface area contributed by atoms with Gasteiger partial charge in [-0.1, -0.05) is 22.0 Å². The van der Waals surface area contributed by atoms with Crippen LogP contribution in [-0.4, -0.2) is 8.42 Å². The van der Waals surface area contributed by atoms with Crippen LogP contribution in [0.3, 0.4) is 0 Å². The number of nitrogens with two attached hydrogens (primary N) is 1. The second-order valence-electron chi connectivity index (χ2n) is 5.60. The lowest BCUT2D eigenvalue weighted by molar-refractivity contribution is 0.501. The van der Waals surface area contributed by atoms with E-state index in [4.69, 9.17) is 5.73 Å². The molecule has 0 heterocycles. The fraction of sp³-hybridized carbons (Fsp3) is 0.250. The number of nitrogens with one attached hydrogen (secondary N) is 1. The van der Waals surface area contributed by atoms with Crippen molar-refractivity contribution in [1.82, 2.24) is 4.72 Å². The van der Waals surface area contributed by atoms with Gasteiger partial charge in [0.2, 0.25) is 10.0 Å². The normalized spacial score (nSPS) is 17.7. The van der Waals surface area contributed by atoms with Crippen molar-refractivity contribution in [2.45, 2.75) is 30.2 Å². The third-order valence-corrected chi connectivity index (χ3v) is 5.96. The molecule has 2 aromatic carbocycles. The van der Waals surface area contributed by atoms with E-state index >= 15 is 0 Å². The summed E-state index contributed by atoms with van der Waals surface area (Å²) in [7, 11) is -3.94. The van der Waals surface area contributed by atoms with Crippen LogP contribution in [-0.2, 0) is 16.4 Å². The van der Waals surface area contributed by atoms with Crippen LogP contribution in [0.1, 0.15) is 30.0 Å². The van der Waals surface area contributed by atoms with Crippen LogP contribution in [0.15, 0.2) is 45.8 Å². The van der Waals surface area contributed by atoms with Crippen LogP contribution in [0.4, 0.5) is 10.1 Å². The second kappa shape index (κ2) is 6.22. The van der Waals surface area contributed by atoms with Gasteiger partial charge in [-0.3, -0.25) is 0 Å². The molecule has 3 rings (SSSR count). The van der Waals surface area contributed by atoms with E-state index in [0.29, 0.717) is 16.6 Å². The van der Waals surface area contributed by atoms with Gasteiger partial charge in [0.1, 0.15) is 10.7 Å². The third-order valence-electron chi connectivity index (χ3n) is 3.96. The minimum atomic E-state index is -3.94. The molecule has 0 bridgehead atoms. The average molecular weight is 399 g/mol. The van der Waals surface area contributed by atoms with Crippen LogP contribution in [0.25, 0.3) is 0 Å². The van der Waals surface area contributed by atoms with Gasteiger partial charge in [0.05, 0.1) is 0 Å². The summed E-state index contributed by atoms with van der Waals surface area (Å²) in [5, 5.41) is 0. The minimum absolute atomic E-state index is 0.344. The van der Waals surface area contributed by atoms with Crippen molar-refractivity contribution < 1.29 is 12.8 Å². The maximum absolute atomic E-state index is 14.0. The number of rotatable bonds is 3. The molecule has 3 N–H and O–H groups in total. The van der Waals surface area contributed by atoms with E-state index in [9.17, 15) is 12.8 Å². The van der Waals surface area contributed by atoms with Gasteiger partial charge in [-0.2, -0.15) is 0 Å². The number of fused-ring (bicyclic) bond motifs is 1. The van der Waals surface area contributed by atoms with Gasteiger partial charge in [0.15, 0.2) is 0 Å². The average Bonchev–Trinajstić information content (AvgIpc) is 2.46. The first-order chi connectivity index (χ1) is 10.9. The van der Waals surface area contributed by atoms with Crippen molar-refractivity contribution in [3.05, 3.63) is 57.8 Å². The van der Waals surface area contributed by atoms with Crippen molar-refractivity contribution in [2.24, 2.45) is 0 Å². The lowest BCUT2D eigenvalue weighted by atomic mass is 9.88. The Kier molecular flexibility index (Phi) is 4.44. The van der Waals surface area contributed by atoms with E-state index in [1.807, 2.05) is 12.1 Å². The van der Waals surface area contributed by atoms with Crippen molar-refractivity contribution in [3.63, 3.8) is 0 Å². The van der Waals surface area contributed by atoms with Crippen molar-refractivity contribution >= 4 is 31.6 Å². The maximum atomic E-state index is 14.0. The molecule has 1 atom stereocenters. The summed E-state index contributed by atoms with van der Waals surface area (Å²) in [5.41, 5.74) is 8.40. The van der Waals surface area contributed by atoms with Crippen LogP contribution in [0, 0.1) is 5.82 Å². The second-order valence-corrected chi connectivity index (χ2v) is 8.20. The summed E-state index contributed by atoms with van der Waals surface area (Å²) < 4.78 is 42.1. The van der Waals surface area contributed by atoms with Gasteiger partial charge in [-0.05, 0) is 60.7 Å². The van der Waals surface area contributed by atoms with E-state index in [1.54, 1.807) is 6.07 Å². The Morgan fingerprint density at radius 2 is 2.00 bits per heavy atom.